The summed E-state index contributed by atoms with van der Waals surface area (Å²) in [4.78, 5) is 108. The molecule has 1 unspecified atom stereocenters. The SMILES string of the molecule is CC(C)CN1CCN(CC(=O)O)CCN(CC(=O)O)CC(Cc2ccc(C(=O)N[C@@H](Cc3ccccc3)C(=O)CCC(=O)N[C@@H](CCCCNC(=O)OC(C)(C)C)C(=O)O)cc2)N(CC(=O)O)CC1. The van der Waals surface area contributed by atoms with Gasteiger partial charge in [-0.05, 0) is 82.1 Å². The molecule has 3 amide bonds. The van der Waals surface area contributed by atoms with Gasteiger partial charge in [-0.25, -0.2) is 9.59 Å². The molecule has 2 aromatic rings. The molecule has 0 aliphatic carbocycles. The third-order valence-electron chi connectivity index (χ3n) is 11.3. The first-order valence-corrected chi connectivity index (χ1v) is 23.6. The molecule has 2 aromatic carbocycles. The first-order chi connectivity index (χ1) is 32.6. The number of carbonyl (C=O) groups excluding carboxylic acids is 4. The number of amides is 3. The molecule has 382 valence electrons. The fourth-order valence-corrected chi connectivity index (χ4v) is 8.02. The maximum absolute atomic E-state index is 13.8. The number of carbonyl (C=O) groups is 8. The van der Waals surface area contributed by atoms with Crippen LogP contribution in [-0.2, 0) is 46.3 Å². The van der Waals surface area contributed by atoms with Crippen molar-refractivity contribution < 1.29 is 63.5 Å². The van der Waals surface area contributed by atoms with E-state index in [1.54, 1.807) is 79.1 Å². The first-order valence-electron chi connectivity index (χ1n) is 23.6. The molecule has 0 aromatic heterocycles. The van der Waals surface area contributed by atoms with E-state index in [0.29, 0.717) is 57.9 Å². The summed E-state index contributed by atoms with van der Waals surface area (Å²) < 4.78 is 5.19. The van der Waals surface area contributed by atoms with Crippen molar-refractivity contribution in [2.75, 3.05) is 78.5 Å². The molecule has 7 N–H and O–H groups in total. The van der Waals surface area contributed by atoms with Gasteiger partial charge in [-0.1, -0.05) is 56.3 Å². The van der Waals surface area contributed by atoms with Crippen molar-refractivity contribution in [3.63, 3.8) is 0 Å². The number of alkyl carbamates (subject to hydrolysis) is 1. The highest BCUT2D eigenvalue weighted by atomic mass is 16.6. The van der Waals surface area contributed by atoms with Crippen LogP contribution in [0.2, 0.25) is 0 Å². The number of hydrogen-bond donors (Lipinski definition) is 7. The summed E-state index contributed by atoms with van der Waals surface area (Å²) in [5.41, 5.74) is 1.06. The van der Waals surface area contributed by atoms with E-state index in [1.807, 2.05) is 11.0 Å². The van der Waals surface area contributed by atoms with Crippen molar-refractivity contribution in [2.45, 2.75) is 103 Å². The lowest BCUT2D eigenvalue weighted by Gasteiger charge is -2.38. The van der Waals surface area contributed by atoms with Crippen LogP contribution in [-0.4, -0.2) is 190 Å². The molecule has 0 bridgehead atoms. The predicted molar refractivity (Wildman–Crippen MR) is 256 cm³/mol. The number of rotatable bonds is 25. The zero-order valence-electron chi connectivity index (χ0n) is 40.7. The highest BCUT2D eigenvalue weighted by Gasteiger charge is 2.29. The minimum Gasteiger partial charge on any atom is -0.480 e. The number of carboxylic acids is 4. The number of nitrogens with zero attached hydrogens (tertiary/aromatic N) is 4. The van der Waals surface area contributed by atoms with Gasteiger partial charge in [0.25, 0.3) is 5.91 Å². The van der Waals surface area contributed by atoms with Crippen LogP contribution in [0.3, 0.4) is 0 Å². The Morgan fingerprint density at radius 2 is 1.28 bits per heavy atom. The Balaban J connectivity index is 1.75. The van der Waals surface area contributed by atoms with E-state index in [4.69, 9.17) is 4.74 Å². The molecule has 0 spiro atoms. The molecule has 1 aliphatic rings. The van der Waals surface area contributed by atoms with Gasteiger partial charge in [0, 0.05) is 83.3 Å². The largest absolute Gasteiger partial charge is 0.480 e. The fraction of sp³-hybridized carbons (Fsp3) is 0.592. The van der Waals surface area contributed by atoms with E-state index < -0.39 is 71.3 Å². The molecule has 1 fully saturated rings. The Morgan fingerprint density at radius 1 is 0.681 bits per heavy atom. The zero-order chi connectivity index (χ0) is 51.1. The minimum atomic E-state index is -1.24. The van der Waals surface area contributed by atoms with Gasteiger partial charge in [-0.15, -0.1) is 0 Å². The molecule has 3 atom stereocenters. The summed E-state index contributed by atoms with van der Waals surface area (Å²) in [7, 11) is 0. The van der Waals surface area contributed by atoms with Crippen LogP contribution in [0.25, 0.3) is 0 Å². The van der Waals surface area contributed by atoms with Gasteiger partial charge < -0.3 is 46.0 Å². The monoisotopic (exact) mass is 968 g/mol. The average Bonchev–Trinajstić information content (AvgIpc) is 3.25. The number of ether oxygens (including phenoxy) is 1. The molecule has 1 heterocycles. The fourth-order valence-electron chi connectivity index (χ4n) is 8.02. The summed E-state index contributed by atoms with van der Waals surface area (Å²) >= 11 is 0. The molecule has 69 heavy (non-hydrogen) atoms. The highest BCUT2D eigenvalue weighted by molar-refractivity contribution is 5.98. The van der Waals surface area contributed by atoms with E-state index in [-0.39, 0.29) is 77.1 Å². The minimum absolute atomic E-state index is 0.0904. The maximum Gasteiger partial charge on any atom is 0.407 e. The summed E-state index contributed by atoms with van der Waals surface area (Å²) in [6.07, 6.45) is 0.127. The number of ketones is 1. The van der Waals surface area contributed by atoms with E-state index in [1.165, 1.54) is 0 Å². The van der Waals surface area contributed by atoms with Crippen LogP contribution >= 0.6 is 0 Å². The van der Waals surface area contributed by atoms with Gasteiger partial charge in [-0.2, -0.15) is 0 Å². The summed E-state index contributed by atoms with van der Waals surface area (Å²) in [5, 5.41) is 47.1. The third kappa shape index (κ3) is 23.7. The van der Waals surface area contributed by atoms with Gasteiger partial charge in [0.05, 0.1) is 25.7 Å². The van der Waals surface area contributed by atoms with Crippen molar-refractivity contribution in [2.24, 2.45) is 5.92 Å². The lowest BCUT2D eigenvalue weighted by molar-refractivity contribution is -0.142. The van der Waals surface area contributed by atoms with Crippen molar-refractivity contribution in [3.05, 3.63) is 71.3 Å². The second-order valence-electron chi connectivity index (χ2n) is 19.0. The van der Waals surface area contributed by atoms with E-state index in [0.717, 1.165) is 11.1 Å². The second-order valence-corrected chi connectivity index (χ2v) is 19.0. The number of benzene rings is 2. The Bertz CT molecular complexity index is 2000. The quantitative estimate of drug-likeness (QED) is 0.0705. The number of Topliss-reactive ketones (excluding diaryl/α,β-unsaturated/α-hetero) is 1. The van der Waals surface area contributed by atoms with Crippen molar-refractivity contribution in [1.29, 1.82) is 0 Å². The predicted octanol–water partition coefficient (Wildman–Crippen LogP) is 2.68. The van der Waals surface area contributed by atoms with Crippen LogP contribution < -0.4 is 16.0 Å². The lowest BCUT2D eigenvalue weighted by atomic mass is 9.98. The molecular weight excluding hydrogens is 895 g/mol. The number of hydrogen-bond acceptors (Lipinski definition) is 13. The average molecular weight is 968 g/mol. The van der Waals surface area contributed by atoms with Crippen molar-refractivity contribution >= 4 is 47.6 Å². The van der Waals surface area contributed by atoms with Gasteiger partial charge in [0.2, 0.25) is 5.91 Å². The Kier molecular flexibility index (Phi) is 24.2. The van der Waals surface area contributed by atoms with Crippen molar-refractivity contribution in [1.82, 2.24) is 35.6 Å². The van der Waals surface area contributed by atoms with Gasteiger partial charge in [0.15, 0.2) is 5.78 Å². The van der Waals surface area contributed by atoms with Crippen LogP contribution in [0.15, 0.2) is 54.6 Å². The van der Waals surface area contributed by atoms with Crippen LogP contribution in [0.1, 0.15) is 88.2 Å². The smallest absolute Gasteiger partial charge is 0.407 e. The normalized spacial score (nSPS) is 16.8. The molecule has 20 heteroatoms. The topological polar surface area (TPSA) is 276 Å². The highest BCUT2D eigenvalue weighted by Crippen LogP contribution is 2.16. The lowest BCUT2D eigenvalue weighted by Crippen LogP contribution is -2.53. The molecule has 1 saturated heterocycles. The molecule has 0 radical (unpaired) electrons. The number of nitrogens with one attached hydrogen (secondary N) is 3. The Morgan fingerprint density at radius 3 is 1.87 bits per heavy atom. The molecule has 0 saturated carbocycles. The van der Waals surface area contributed by atoms with Gasteiger partial charge in [0.1, 0.15) is 11.6 Å². The van der Waals surface area contributed by atoms with E-state index in [2.05, 4.69) is 34.7 Å². The number of aliphatic carboxylic acids is 4. The molecule has 20 nitrogen and oxygen atoms in total. The van der Waals surface area contributed by atoms with Crippen molar-refractivity contribution in [3.8, 4) is 0 Å². The van der Waals surface area contributed by atoms with Crippen LogP contribution in [0.4, 0.5) is 4.79 Å². The second kappa shape index (κ2) is 29.2. The molecule has 3 rings (SSSR count). The molecule has 1 aliphatic heterocycles. The zero-order valence-corrected chi connectivity index (χ0v) is 40.7. The molecular formula is C49H73N7O13. The third-order valence-corrected chi connectivity index (χ3v) is 11.3. The van der Waals surface area contributed by atoms with Gasteiger partial charge >= 0.3 is 30.0 Å². The van der Waals surface area contributed by atoms with Gasteiger partial charge in [-0.3, -0.25) is 43.5 Å². The van der Waals surface area contributed by atoms with Crippen LogP contribution in [0, 0.1) is 5.92 Å². The van der Waals surface area contributed by atoms with Crippen LogP contribution in [0.5, 0.6) is 0 Å². The first kappa shape index (κ1) is 57.4. The van der Waals surface area contributed by atoms with E-state index >= 15 is 0 Å². The Labute approximate surface area is 404 Å². The number of unbranched alkanes of at least 4 members (excludes halogenated alkanes) is 1. The maximum atomic E-state index is 13.8. The van der Waals surface area contributed by atoms with E-state index in [9.17, 15) is 58.8 Å². The summed E-state index contributed by atoms with van der Waals surface area (Å²) in [6.45, 7) is 12.0. The summed E-state index contributed by atoms with van der Waals surface area (Å²) in [6, 6.07) is 12.9. The number of carboxylic acid groups (broad SMARTS) is 4. The Hall–Kier alpha value is -5.96. The summed E-state index contributed by atoms with van der Waals surface area (Å²) in [5.74, 6) is -5.72. The standard InChI is InChI=1S/C49H73N7O13/c1-34(2)29-53-21-22-54(31-43(59)60)23-24-55(32-44(61)62)30-38(56(26-25-53)33-45(63)64)27-36-14-16-37(17-15-36)46(65)52-40(28-35-11-7-6-8-12-35)41(57)18-19-42(58)51-39(47(66)67)13-9-10-20-50-48(68)69-49(3,4)5/h6-8,11-12,14-17,34,38-40H,9-10,13,18-33H2,1-5H3,(H,50,68)(H,51,58)(H,52,65)(H,59,60)(H,61,62)(H,63,64)(H,66,67)/t38?,39-,40-/m0/s1.